The van der Waals surface area contributed by atoms with E-state index in [-0.39, 0.29) is 25.0 Å². The van der Waals surface area contributed by atoms with Crippen LogP contribution in [0.15, 0.2) is 60.9 Å². The lowest BCUT2D eigenvalue weighted by molar-refractivity contribution is -0.166. The Morgan fingerprint density at radius 3 is 1.73 bits per heavy atom. The summed E-state index contributed by atoms with van der Waals surface area (Å²) in [7, 11) is 3.15. The van der Waals surface area contributed by atoms with Gasteiger partial charge in [-0.25, -0.2) is 4.98 Å². The first-order valence-corrected chi connectivity index (χ1v) is 18.0. The van der Waals surface area contributed by atoms with Crippen molar-refractivity contribution in [3.05, 3.63) is 66.5 Å². The van der Waals surface area contributed by atoms with Crippen molar-refractivity contribution in [2.45, 2.75) is 87.1 Å². The van der Waals surface area contributed by atoms with Crippen LogP contribution in [0.5, 0.6) is 11.5 Å². The minimum atomic E-state index is -1.34. The Morgan fingerprint density at radius 2 is 1.27 bits per heavy atom. The average Bonchev–Trinajstić information content (AvgIpc) is 3.56. The third-order valence-electron chi connectivity index (χ3n) is 9.58. The number of carbonyl (C=O) groups excluding carboxylic acids is 2. The van der Waals surface area contributed by atoms with E-state index in [2.05, 4.69) is 55.4 Å². The van der Waals surface area contributed by atoms with Crippen LogP contribution in [0.3, 0.4) is 0 Å². The molecule has 8 nitrogen and oxygen atoms in total. The Labute approximate surface area is 294 Å². The molecule has 3 rings (SSSR count). The molecule has 0 aliphatic heterocycles. The molecule has 8 heteroatoms. The number of hydrogen-bond acceptors (Lipinski definition) is 7. The predicted octanol–water partition coefficient (Wildman–Crippen LogP) is 9.28. The summed E-state index contributed by atoms with van der Waals surface area (Å²) >= 11 is 0. The molecule has 0 saturated carbocycles. The molecule has 3 atom stereocenters. The summed E-state index contributed by atoms with van der Waals surface area (Å²) in [5.74, 6) is 1.07. The Kier molecular flexibility index (Phi) is 15.7. The molecule has 3 unspecified atom stereocenters. The first-order chi connectivity index (χ1) is 23.4. The number of rotatable bonds is 20. The third kappa shape index (κ3) is 11.4. The Hall–Kier alpha value is -3.81. The molecule has 0 bridgehead atoms. The largest absolute Gasteiger partial charge is 0.497 e. The predicted molar refractivity (Wildman–Crippen MR) is 196 cm³/mol. The van der Waals surface area contributed by atoms with Crippen LogP contribution in [0.1, 0.15) is 92.7 Å². The lowest BCUT2D eigenvalue weighted by Gasteiger charge is -2.30. The van der Waals surface area contributed by atoms with Crippen molar-refractivity contribution in [3.8, 4) is 22.9 Å². The number of imidazole rings is 1. The number of aromatic nitrogens is 2. The molecule has 0 aliphatic rings. The fourth-order valence-electron chi connectivity index (χ4n) is 6.13. The highest BCUT2D eigenvalue weighted by molar-refractivity contribution is 5.96. The zero-order valence-electron chi connectivity index (χ0n) is 31.5. The summed E-state index contributed by atoms with van der Waals surface area (Å²) < 4.78 is 25.5. The summed E-state index contributed by atoms with van der Waals surface area (Å²) in [6, 6.07) is 14.2. The van der Waals surface area contributed by atoms with Crippen LogP contribution in [-0.2, 0) is 19.1 Å². The molecule has 270 valence electrons. The quantitative estimate of drug-likeness (QED) is 0.0871. The van der Waals surface area contributed by atoms with E-state index in [0.29, 0.717) is 46.6 Å². The maximum atomic E-state index is 14.5. The number of nitrogens with zero attached hydrogens (tertiary/aromatic N) is 2. The van der Waals surface area contributed by atoms with E-state index in [1.54, 1.807) is 38.7 Å². The molecule has 3 aromatic rings. The molecule has 0 fully saturated rings. The maximum absolute atomic E-state index is 14.5. The molecule has 1 aromatic heterocycles. The highest BCUT2D eigenvalue weighted by Crippen LogP contribution is 2.40. The average molecular weight is 677 g/mol. The monoisotopic (exact) mass is 676 g/mol. The van der Waals surface area contributed by atoms with Crippen LogP contribution in [0.25, 0.3) is 11.4 Å². The second kappa shape index (κ2) is 19.4. The molecule has 49 heavy (non-hydrogen) atoms. The summed E-state index contributed by atoms with van der Waals surface area (Å²) in [4.78, 5) is 33.7. The number of esters is 2. The number of hydrogen-bond donors (Lipinski definition) is 0. The van der Waals surface area contributed by atoms with Crippen LogP contribution in [0.2, 0.25) is 0 Å². The number of carbonyl (C=O) groups is 2. The molecule has 0 amide bonds. The highest BCUT2D eigenvalue weighted by Gasteiger charge is 2.43. The standard InChI is InChI=1S/C41H60N2O6/c1-27(2)16-18-32(29(5)6)25-48-40(44)37(41(45)49-26-33(30(7)8)19-17-28(3)4)38(35-21-20-34(46-9)24-36(35)47-10)43-23-22-42-39(43)31-14-12-11-13-15-31/h11-15,20-24,27-30,32-33,37-38H,16-19,25-26H2,1-10H3. The van der Waals surface area contributed by atoms with E-state index in [1.165, 1.54) is 0 Å². The van der Waals surface area contributed by atoms with Gasteiger partial charge in [-0.1, -0.05) is 98.6 Å². The van der Waals surface area contributed by atoms with Gasteiger partial charge in [0.15, 0.2) is 5.92 Å². The molecular weight excluding hydrogens is 616 g/mol. The van der Waals surface area contributed by atoms with Crippen molar-refractivity contribution >= 4 is 11.9 Å². The molecule has 0 spiro atoms. The summed E-state index contributed by atoms with van der Waals surface area (Å²) in [6.45, 7) is 17.8. The van der Waals surface area contributed by atoms with Crippen molar-refractivity contribution < 1.29 is 28.5 Å². The topological polar surface area (TPSA) is 88.9 Å². The third-order valence-corrected chi connectivity index (χ3v) is 9.58. The van der Waals surface area contributed by atoms with Gasteiger partial charge in [0.25, 0.3) is 0 Å². The molecule has 0 aliphatic carbocycles. The molecule has 0 N–H and O–H groups in total. The first-order valence-electron chi connectivity index (χ1n) is 18.0. The van der Waals surface area contributed by atoms with Gasteiger partial charge in [0.2, 0.25) is 0 Å². The minimum absolute atomic E-state index is 0.159. The lowest BCUT2D eigenvalue weighted by atomic mass is 9.88. The summed E-state index contributed by atoms with van der Waals surface area (Å²) in [6.07, 6.45) is 7.39. The van der Waals surface area contributed by atoms with Gasteiger partial charge < -0.3 is 23.5 Å². The Morgan fingerprint density at radius 1 is 0.714 bits per heavy atom. The second-order valence-corrected chi connectivity index (χ2v) is 14.8. The van der Waals surface area contributed by atoms with Gasteiger partial charge in [0.05, 0.1) is 33.5 Å². The van der Waals surface area contributed by atoms with Crippen molar-refractivity contribution in [3.63, 3.8) is 0 Å². The Bertz CT molecular complexity index is 1390. The van der Waals surface area contributed by atoms with E-state index >= 15 is 0 Å². The van der Waals surface area contributed by atoms with Crippen LogP contribution in [0, 0.1) is 41.4 Å². The van der Waals surface area contributed by atoms with Gasteiger partial charge in [-0.05, 0) is 60.5 Å². The number of methoxy groups -OCH3 is 2. The van der Waals surface area contributed by atoms with Crippen molar-refractivity contribution in [1.82, 2.24) is 9.55 Å². The van der Waals surface area contributed by atoms with E-state index in [1.807, 2.05) is 41.0 Å². The highest BCUT2D eigenvalue weighted by atomic mass is 16.6. The smallest absolute Gasteiger partial charge is 0.322 e. The van der Waals surface area contributed by atoms with Gasteiger partial charge >= 0.3 is 11.9 Å². The number of ether oxygens (including phenoxy) is 4. The SMILES string of the molecule is COc1ccc(C(C(C(=O)OCC(CCC(C)C)C(C)C)C(=O)OCC(CCC(C)C)C(C)C)n2ccnc2-c2ccccc2)c(OC)c1. The lowest BCUT2D eigenvalue weighted by Crippen LogP contribution is -2.38. The molecule has 2 aromatic carbocycles. The minimum Gasteiger partial charge on any atom is -0.497 e. The van der Waals surface area contributed by atoms with E-state index in [9.17, 15) is 9.59 Å². The van der Waals surface area contributed by atoms with E-state index in [4.69, 9.17) is 23.9 Å². The van der Waals surface area contributed by atoms with Crippen LogP contribution in [-0.4, -0.2) is 48.9 Å². The van der Waals surface area contributed by atoms with Crippen molar-refractivity contribution in [2.75, 3.05) is 27.4 Å². The second-order valence-electron chi connectivity index (χ2n) is 14.8. The zero-order valence-corrected chi connectivity index (χ0v) is 31.5. The van der Waals surface area contributed by atoms with Crippen molar-refractivity contribution in [1.29, 1.82) is 0 Å². The zero-order chi connectivity index (χ0) is 36.1. The molecule has 1 heterocycles. The fourth-order valence-corrected chi connectivity index (χ4v) is 6.13. The normalized spacial score (nSPS) is 14.2. The van der Waals surface area contributed by atoms with E-state index in [0.717, 1.165) is 31.2 Å². The van der Waals surface area contributed by atoms with Crippen molar-refractivity contribution in [2.24, 2.45) is 41.4 Å². The molecule has 0 saturated heterocycles. The fraction of sp³-hybridized carbons (Fsp3) is 0.585. The van der Waals surface area contributed by atoms with Crippen LogP contribution >= 0.6 is 0 Å². The van der Waals surface area contributed by atoms with Crippen LogP contribution in [0.4, 0.5) is 0 Å². The summed E-state index contributed by atoms with van der Waals surface area (Å²) in [5.41, 5.74) is 1.45. The van der Waals surface area contributed by atoms with Gasteiger partial charge in [0.1, 0.15) is 17.3 Å². The Balaban J connectivity index is 2.16. The van der Waals surface area contributed by atoms with Gasteiger partial charge in [-0.15, -0.1) is 0 Å². The summed E-state index contributed by atoms with van der Waals surface area (Å²) in [5, 5.41) is 0. The van der Waals surface area contributed by atoms with Crippen LogP contribution < -0.4 is 9.47 Å². The number of benzene rings is 2. The molecular formula is C41H60N2O6. The van der Waals surface area contributed by atoms with Gasteiger partial charge in [-0.3, -0.25) is 9.59 Å². The maximum Gasteiger partial charge on any atom is 0.322 e. The first kappa shape index (κ1) is 39.6. The van der Waals surface area contributed by atoms with Gasteiger partial charge in [-0.2, -0.15) is 0 Å². The molecule has 0 radical (unpaired) electrons. The van der Waals surface area contributed by atoms with Gasteiger partial charge in [0, 0.05) is 29.6 Å². The van der Waals surface area contributed by atoms with E-state index < -0.39 is 23.9 Å².